The lowest BCUT2D eigenvalue weighted by molar-refractivity contribution is 0.0976. The minimum atomic E-state index is -0.238. The second-order valence-electron chi connectivity index (χ2n) is 9.72. The number of nitrogens with zero attached hydrogens (tertiary/aromatic N) is 1. The topological polar surface area (TPSA) is 22.0 Å². The van der Waals surface area contributed by atoms with Gasteiger partial charge in [0, 0.05) is 28.5 Å². The van der Waals surface area contributed by atoms with Crippen molar-refractivity contribution in [2.45, 2.75) is 32.1 Å². The van der Waals surface area contributed by atoms with Crippen LogP contribution < -0.4 is 0 Å². The fourth-order valence-electron chi connectivity index (χ4n) is 5.79. The third kappa shape index (κ3) is 3.13. The van der Waals surface area contributed by atoms with Crippen LogP contribution in [0.25, 0.3) is 27.8 Å². The number of fused-ring (bicyclic) bond motifs is 2. The zero-order valence-electron chi connectivity index (χ0n) is 19.6. The van der Waals surface area contributed by atoms with Gasteiger partial charge in [-0.05, 0) is 47.7 Å². The molecule has 0 amide bonds. The first-order valence-electron chi connectivity index (χ1n) is 11.9. The number of aromatic nitrogens is 1. The third-order valence-corrected chi connectivity index (χ3v) is 7.38. The Hall–Kier alpha value is -3.91. The van der Waals surface area contributed by atoms with Crippen LogP contribution in [0.3, 0.4) is 0 Å². The van der Waals surface area contributed by atoms with Crippen molar-refractivity contribution in [1.29, 1.82) is 0 Å². The molecule has 6 rings (SSSR count). The second kappa shape index (κ2) is 7.85. The summed E-state index contributed by atoms with van der Waals surface area (Å²) in [4.78, 5) is 13.0. The molecule has 1 aliphatic rings. The predicted molar refractivity (Wildman–Crippen MR) is 140 cm³/mol. The van der Waals surface area contributed by atoms with E-state index in [4.69, 9.17) is 0 Å². The highest BCUT2D eigenvalue weighted by molar-refractivity contribution is 6.02. The van der Waals surface area contributed by atoms with E-state index in [1.807, 2.05) is 12.1 Å². The monoisotopic (exact) mass is 441 g/mol. The van der Waals surface area contributed by atoms with Crippen LogP contribution in [0.5, 0.6) is 0 Å². The smallest absolute Gasteiger partial charge is 0.164 e. The van der Waals surface area contributed by atoms with Crippen LogP contribution in [0.15, 0.2) is 103 Å². The van der Waals surface area contributed by atoms with E-state index in [1.54, 1.807) is 0 Å². The molecule has 1 heterocycles. The van der Waals surface area contributed by atoms with Gasteiger partial charge in [-0.2, -0.15) is 0 Å². The first-order chi connectivity index (χ1) is 16.6. The van der Waals surface area contributed by atoms with E-state index in [-0.39, 0.29) is 11.2 Å². The molecule has 0 saturated heterocycles. The summed E-state index contributed by atoms with van der Waals surface area (Å²) in [5.41, 5.74) is 9.16. The number of carbonyl (C=O) groups is 1. The standard InChI is InChI=1S/C32H27NO/c1-22-12-6-10-18-28(22)33-29-19-11-8-15-24(29)26(31(33)23-13-4-3-5-14-23)20-32(2)21-30(34)25-16-7-9-17-27(25)32/h3-19H,20-21H2,1-2H3/t32-/m0/s1. The molecule has 1 atom stereocenters. The molecule has 1 aromatic heterocycles. The van der Waals surface area contributed by atoms with E-state index in [1.165, 1.54) is 44.5 Å². The van der Waals surface area contributed by atoms with Crippen molar-refractivity contribution in [3.63, 3.8) is 0 Å². The van der Waals surface area contributed by atoms with Crippen molar-refractivity contribution in [2.75, 3.05) is 0 Å². The van der Waals surface area contributed by atoms with Gasteiger partial charge in [-0.1, -0.05) is 97.9 Å². The molecular formula is C32H27NO. The summed E-state index contributed by atoms with van der Waals surface area (Å²) in [6, 6.07) is 36.1. The molecule has 1 aliphatic carbocycles. The average molecular weight is 442 g/mol. The van der Waals surface area contributed by atoms with Crippen LogP contribution in [-0.4, -0.2) is 10.4 Å². The number of benzene rings is 4. The molecule has 5 aromatic rings. The van der Waals surface area contributed by atoms with Crippen LogP contribution in [0.2, 0.25) is 0 Å². The largest absolute Gasteiger partial charge is 0.309 e. The summed E-state index contributed by atoms with van der Waals surface area (Å²) >= 11 is 0. The van der Waals surface area contributed by atoms with Gasteiger partial charge in [0.1, 0.15) is 0 Å². The van der Waals surface area contributed by atoms with Crippen molar-refractivity contribution in [2.24, 2.45) is 0 Å². The van der Waals surface area contributed by atoms with Crippen LogP contribution in [0, 0.1) is 6.92 Å². The van der Waals surface area contributed by atoms with Crippen LogP contribution in [-0.2, 0) is 11.8 Å². The Morgan fingerprint density at radius 1 is 0.794 bits per heavy atom. The van der Waals surface area contributed by atoms with Gasteiger partial charge in [0.25, 0.3) is 0 Å². The zero-order valence-corrected chi connectivity index (χ0v) is 19.6. The zero-order chi connectivity index (χ0) is 23.3. The maximum atomic E-state index is 13.0. The van der Waals surface area contributed by atoms with Gasteiger partial charge in [-0.25, -0.2) is 0 Å². The Labute approximate surface area is 200 Å². The van der Waals surface area contributed by atoms with E-state index in [2.05, 4.69) is 109 Å². The maximum absolute atomic E-state index is 13.0. The minimum absolute atomic E-state index is 0.238. The molecule has 166 valence electrons. The van der Waals surface area contributed by atoms with E-state index in [0.717, 1.165) is 12.0 Å². The summed E-state index contributed by atoms with van der Waals surface area (Å²) in [5.74, 6) is 0.252. The van der Waals surface area contributed by atoms with Gasteiger partial charge in [-0.15, -0.1) is 0 Å². The van der Waals surface area contributed by atoms with E-state index in [0.29, 0.717) is 6.42 Å². The summed E-state index contributed by atoms with van der Waals surface area (Å²) in [5, 5.41) is 1.25. The van der Waals surface area contributed by atoms with Crippen LogP contribution in [0.4, 0.5) is 0 Å². The molecule has 2 nitrogen and oxygen atoms in total. The molecule has 0 N–H and O–H groups in total. The summed E-state index contributed by atoms with van der Waals surface area (Å²) in [6.45, 7) is 4.43. The molecule has 0 bridgehead atoms. The molecule has 0 fully saturated rings. The number of hydrogen-bond acceptors (Lipinski definition) is 1. The average Bonchev–Trinajstić information content (AvgIpc) is 3.31. The highest BCUT2D eigenvalue weighted by atomic mass is 16.1. The van der Waals surface area contributed by atoms with Gasteiger partial charge >= 0.3 is 0 Å². The van der Waals surface area contributed by atoms with Crippen molar-refractivity contribution in [3.8, 4) is 16.9 Å². The molecule has 0 unspecified atom stereocenters. The molecule has 0 aliphatic heterocycles. The highest BCUT2D eigenvalue weighted by Gasteiger charge is 2.40. The SMILES string of the molecule is Cc1ccccc1-n1c(-c2ccccc2)c(C[C@@]2(C)CC(=O)c3ccccc32)c2ccccc21. The molecular weight excluding hydrogens is 414 g/mol. The molecule has 0 radical (unpaired) electrons. The number of rotatable bonds is 4. The number of Topliss-reactive ketones (excluding diaryl/α,β-unsaturated/α-hetero) is 1. The molecule has 0 spiro atoms. The molecule has 0 saturated carbocycles. The Balaban J connectivity index is 1.66. The van der Waals surface area contributed by atoms with Crippen LogP contribution >= 0.6 is 0 Å². The first-order valence-corrected chi connectivity index (χ1v) is 11.9. The fourth-order valence-corrected chi connectivity index (χ4v) is 5.79. The Kier molecular flexibility index (Phi) is 4.77. The van der Waals surface area contributed by atoms with Crippen molar-refractivity contribution in [1.82, 2.24) is 4.57 Å². The maximum Gasteiger partial charge on any atom is 0.164 e. The Bertz CT molecular complexity index is 1540. The van der Waals surface area contributed by atoms with Gasteiger partial charge in [0.15, 0.2) is 5.78 Å². The lowest BCUT2D eigenvalue weighted by atomic mass is 9.77. The number of hydrogen-bond donors (Lipinski definition) is 0. The molecule has 4 aromatic carbocycles. The normalized spacial score (nSPS) is 17.3. The highest BCUT2D eigenvalue weighted by Crippen LogP contribution is 2.46. The Morgan fingerprint density at radius 2 is 1.47 bits per heavy atom. The number of carbonyl (C=O) groups excluding carboxylic acids is 1. The van der Waals surface area contributed by atoms with Crippen molar-refractivity contribution in [3.05, 3.63) is 125 Å². The molecule has 2 heteroatoms. The summed E-state index contributed by atoms with van der Waals surface area (Å²) < 4.78 is 2.42. The second-order valence-corrected chi connectivity index (χ2v) is 9.72. The van der Waals surface area contributed by atoms with Gasteiger partial charge in [0.2, 0.25) is 0 Å². The Morgan fingerprint density at radius 3 is 2.29 bits per heavy atom. The number of aryl methyl sites for hydroxylation is 1. The van der Waals surface area contributed by atoms with Gasteiger partial charge < -0.3 is 4.57 Å². The minimum Gasteiger partial charge on any atom is -0.309 e. The van der Waals surface area contributed by atoms with Crippen molar-refractivity contribution >= 4 is 16.7 Å². The summed E-state index contributed by atoms with van der Waals surface area (Å²) in [6.07, 6.45) is 1.35. The number of para-hydroxylation sites is 2. The molecule has 34 heavy (non-hydrogen) atoms. The predicted octanol–water partition coefficient (Wildman–Crippen LogP) is 7.69. The lowest BCUT2D eigenvalue weighted by Gasteiger charge is -2.26. The van der Waals surface area contributed by atoms with Crippen LogP contribution in [0.1, 0.15) is 40.4 Å². The lowest BCUT2D eigenvalue weighted by Crippen LogP contribution is -2.22. The quantitative estimate of drug-likeness (QED) is 0.280. The van der Waals surface area contributed by atoms with E-state index >= 15 is 0 Å². The van der Waals surface area contributed by atoms with Gasteiger partial charge in [-0.3, -0.25) is 4.79 Å². The number of ketones is 1. The fraction of sp³-hybridized carbons (Fsp3) is 0.156. The third-order valence-electron chi connectivity index (χ3n) is 7.38. The first kappa shape index (κ1) is 20.7. The summed E-state index contributed by atoms with van der Waals surface area (Å²) in [7, 11) is 0. The van der Waals surface area contributed by atoms with E-state index in [9.17, 15) is 4.79 Å². The van der Waals surface area contributed by atoms with E-state index < -0.39 is 0 Å². The van der Waals surface area contributed by atoms with Crippen molar-refractivity contribution < 1.29 is 4.79 Å². The van der Waals surface area contributed by atoms with Gasteiger partial charge in [0.05, 0.1) is 11.2 Å².